The molecule has 1 saturated heterocycles. The molecule has 2 aliphatic rings. The maximum atomic E-state index is 12.8. The van der Waals surface area contributed by atoms with Gasteiger partial charge in [-0.25, -0.2) is 4.98 Å². The minimum absolute atomic E-state index is 0.161. The second-order valence-corrected chi connectivity index (χ2v) is 7.83. The van der Waals surface area contributed by atoms with Gasteiger partial charge in [0, 0.05) is 31.5 Å². The third-order valence-corrected chi connectivity index (χ3v) is 5.44. The van der Waals surface area contributed by atoms with Crippen LogP contribution in [0.5, 0.6) is 0 Å². The Hall–Kier alpha value is -2.14. The molecule has 1 amide bonds. The number of hydrogen-bond acceptors (Lipinski definition) is 3. The van der Waals surface area contributed by atoms with E-state index in [0.717, 1.165) is 44.7 Å². The molecule has 0 saturated carbocycles. The maximum absolute atomic E-state index is 12.8. The lowest BCUT2D eigenvalue weighted by atomic mass is 9.75. The summed E-state index contributed by atoms with van der Waals surface area (Å²) in [4.78, 5) is 19.6. The highest BCUT2D eigenvalue weighted by molar-refractivity contribution is 6.06. The Labute approximate surface area is 149 Å². The van der Waals surface area contributed by atoms with Gasteiger partial charge in [0.25, 0.3) is 0 Å². The number of para-hydroxylation sites is 1. The summed E-state index contributed by atoms with van der Waals surface area (Å²) in [5, 5.41) is 3.09. The minimum Gasteiger partial charge on any atom is -0.333 e. The van der Waals surface area contributed by atoms with E-state index in [1.807, 2.05) is 30.7 Å². The molecule has 1 spiro atoms. The number of piperidine rings is 1. The zero-order valence-electron chi connectivity index (χ0n) is 15.0. The Morgan fingerprint density at radius 3 is 3.00 bits per heavy atom. The number of anilines is 1. The number of likely N-dealkylation sites (tertiary alicyclic amines) is 1. The molecule has 1 fully saturated rings. The third-order valence-electron chi connectivity index (χ3n) is 5.44. The van der Waals surface area contributed by atoms with Crippen LogP contribution in [-0.2, 0) is 23.3 Å². The zero-order chi connectivity index (χ0) is 17.4. The van der Waals surface area contributed by atoms with Crippen LogP contribution in [0.1, 0.15) is 37.9 Å². The highest BCUT2D eigenvalue weighted by Crippen LogP contribution is 2.43. The van der Waals surface area contributed by atoms with Gasteiger partial charge < -0.3 is 9.88 Å². The van der Waals surface area contributed by atoms with Gasteiger partial charge in [-0.3, -0.25) is 9.69 Å². The first kappa shape index (κ1) is 16.3. The number of hydrogen-bond donors (Lipinski definition) is 1. The Morgan fingerprint density at radius 2 is 2.16 bits per heavy atom. The van der Waals surface area contributed by atoms with Gasteiger partial charge in [0.2, 0.25) is 5.91 Å². The zero-order valence-corrected chi connectivity index (χ0v) is 15.0. The lowest BCUT2D eigenvalue weighted by Gasteiger charge is -2.39. The summed E-state index contributed by atoms with van der Waals surface area (Å²) in [7, 11) is 0. The van der Waals surface area contributed by atoms with Crippen LogP contribution in [0.15, 0.2) is 36.8 Å². The Balaban J connectivity index is 1.56. The molecule has 5 nitrogen and oxygen atoms in total. The molecule has 0 radical (unpaired) electrons. The number of rotatable bonds is 4. The molecule has 4 rings (SSSR count). The molecular weight excluding hydrogens is 312 g/mol. The lowest BCUT2D eigenvalue weighted by molar-refractivity contribution is -0.123. The highest BCUT2D eigenvalue weighted by Gasteiger charge is 2.48. The Bertz CT molecular complexity index is 782. The molecular formula is C20H26N4O. The number of benzene rings is 1. The molecule has 132 valence electrons. The van der Waals surface area contributed by atoms with E-state index in [1.54, 1.807) is 0 Å². The smallest absolute Gasteiger partial charge is 0.236 e. The van der Waals surface area contributed by atoms with Gasteiger partial charge >= 0.3 is 0 Å². The van der Waals surface area contributed by atoms with Gasteiger partial charge in [0.05, 0.1) is 17.4 Å². The average Bonchev–Trinajstić information content (AvgIpc) is 3.11. The summed E-state index contributed by atoms with van der Waals surface area (Å²) in [6.45, 7) is 8.09. The number of carbonyl (C=O) groups is 1. The Morgan fingerprint density at radius 1 is 1.32 bits per heavy atom. The van der Waals surface area contributed by atoms with Gasteiger partial charge in [-0.1, -0.05) is 32.0 Å². The molecule has 3 heterocycles. The molecule has 1 aromatic heterocycles. The molecule has 1 N–H and O–H groups in total. The largest absolute Gasteiger partial charge is 0.333 e. The number of fused-ring (bicyclic) bond motifs is 2. The molecule has 1 aromatic carbocycles. The quantitative estimate of drug-likeness (QED) is 0.932. The summed E-state index contributed by atoms with van der Waals surface area (Å²) in [5.41, 5.74) is 3.00. The van der Waals surface area contributed by atoms with Crippen molar-refractivity contribution in [2.45, 2.75) is 45.2 Å². The minimum atomic E-state index is -0.391. The van der Waals surface area contributed by atoms with E-state index >= 15 is 0 Å². The highest BCUT2D eigenvalue weighted by atomic mass is 16.2. The van der Waals surface area contributed by atoms with Gasteiger partial charge in [0.15, 0.2) is 0 Å². The van der Waals surface area contributed by atoms with Crippen molar-refractivity contribution < 1.29 is 4.79 Å². The fourth-order valence-electron chi connectivity index (χ4n) is 4.32. The number of aromatic nitrogens is 2. The molecule has 0 unspecified atom stereocenters. The van der Waals surface area contributed by atoms with Crippen LogP contribution in [0.3, 0.4) is 0 Å². The van der Waals surface area contributed by atoms with E-state index in [9.17, 15) is 4.79 Å². The van der Waals surface area contributed by atoms with Crippen molar-refractivity contribution in [1.29, 1.82) is 0 Å². The molecule has 5 heteroatoms. The van der Waals surface area contributed by atoms with Gasteiger partial charge in [-0.05, 0) is 36.9 Å². The summed E-state index contributed by atoms with van der Waals surface area (Å²) in [6.07, 6.45) is 5.86. The van der Waals surface area contributed by atoms with E-state index in [1.165, 1.54) is 11.3 Å². The van der Waals surface area contributed by atoms with Gasteiger partial charge in [-0.2, -0.15) is 0 Å². The summed E-state index contributed by atoms with van der Waals surface area (Å²) < 4.78 is 2.24. The molecule has 2 aromatic rings. The molecule has 2 aliphatic heterocycles. The number of imidazole rings is 1. The standard InChI is InChI=1S/C20H26N4O/c1-15(2)11-24-14-21-10-16(24)12-23-9-5-8-20(13-23)17-6-3-4-7-18(17)22-19(20)25/h3-4,6-7,10,14-15H,5,8-9,11-13H2,1-2H3,(H,22,25)/t20-/m0/s1. The monoisotopic (exact) mass is 338 g/mol. The maximum Gasteiger partial charge on any atom is 0.236 e. The molecule has 0 bridgehead atoms. The summed E-state index contributed by atoms with van der Waals surface area (Å²) in [5.74, 6) is 0.752. The van der Waals surface area contributed by atoms with E-state index in [4.69, 9.17) is 0 Å². The van der Waals surface area contributed by atoms with Crippen molar-refractivity contribution in [1.82, 2.24) is 14.5 Å². The van der Waals surface area contributed by atoms with E-state index in [0.29, 0.717) is 5.92 Å². The van der Waals surface area contributed by atoms with Crippen LogP contribution in [-0.4, -0.2) is 33.4 Å². The van der Waals surface area contributed by atoms with Crippen LogP contribution in [0.2, 0.25) is 0 Å². The third kappa shape index (κ3) is 2.86. The fraction of sp³-hybridized carbons (Fsp3) is 0.500. The van der Waals surface area contributed by atoms with Crippen molar-refractivity contribution in [3.63, 3.8) is 0 Å². The second kappa shape index (κ2) is 6.30. The predicted molar refractivity (Wildman–Crippen MR) is 98.3 cm³/mol. The van der Waals surface area contributed by atoms with Crippen LogP contribution >= 0.6 is 0 Å². The van der Waals surface area contributed by atoms with Gasteiger partial charge in [0.1, 0.15) is 0 Å². The summed E-state index contributed by atoms with van der Waals surface area (Å²) >= 11 is 0. The fourth-order valence-corrected chi connectivity index (χ4v) is 4.32. The number of nitrogens with zero attached hydrogens (tertiary/aromatic N) is 3. The summed E-state index contributed by atoms with van der Waals surface area (Å²) in [6, 6.07) is 8.15. The number of nitrogens with one attached hydrogen (secondary N) is 1. The van der Waals surface area contributed by atoms with E-state index in [2.05, 4.69) is 39.7 Å². The van der Waals surface area contributed by atoms with Crippen LogP contribution in [0, 0.1) is 5.92 Å². The van der Waals surface area contributed by atoms with Crippen LogP contribution in [0.4, 0.5) is 5.69 Å². The molecule has 25 heavy (non-hydrogen) atoms. The van der Waals surface area contributed by atoms with Gasteiger partial charge in [-0.15, -0.1) is 0 Å². The first-order valence-corrected chi connectivity index (χ1v) is 9.21. The normalized spacial score (nSPS) is 23.2. The van der Waals surface area contributed by atoms with Crippen molar-refractivity contribution in [3.8, 4) is 0 Å². The number of amides is 1. The van der Waals surface area contributed by atoms with Crippen LogP contribution < -0.4 is 5.32 Å². The SMILES string of the molecule is CC(C)Cn1cncc1CN1CCC[C@@]2(C1)C(=O)Nc1ccccc12. The van der Waals surface area contributed by atoms with Crippen molar-refractivity contribution in [2.24, 2.45) is 5.92 Å². The van der Waals surface area contributed by atoms with Crippen molar-refractivity contribution >= 4 is 11.6 Å². The van der Waals surface area contributed by atoms with Crippen molar-refractivity contribution in [2.75, 3.05) is 18.4 Å². The van der Waals surface area contributed by atoms with Crippen molar-refractivity contribution in [3.05, 3.63) is 48.0 Å². The Kier molecular flexibility index (Phi) is 4.12. The lowest BCUT2D eigenvalue weighted by Crippen LogP contribution is -2.49. The average molecular weight is 338 g/mol. The first-order valence-electron chi connectivity index (χ1n) is 9.21. The topological polar surface area (TPSA) is 50.2 Å². The van der Waals surface area contributed by atoms with Crippen LogP contribution in [0.25, 0.3) is 0 Å². The van der Waals surface area contributed by atoms with E-state index in [-0.39, 0.29) is 5.91 Å². The molecule has 0 aliphatic carbocycles. The van der Waals surface area contributed by atoms with E-state index < -0.39 is 5.41 Å². The molecule has 1 atom stereocenters. The number of carbonyl (C=O) groups excluding carboxylic acids is 1. The predicted octanol–water partition coefficient (Wildman–Crippen LogP) is 3.03. The first-order chi connectivity index (χ1) is 12.1. The second-order valence-electron chi connectivity index (χ2n) is 7.83.